The number of hydrogen-bond donors (Lipinski definition) is 1. The van der Waals surface area contributed by atoms with Gasteiger partial charge in [0.25, 0.3) is 0 Å². The molecule has 0 aliphatic carbocycles. The molecule has 17 heavy (non-hydrogen) atoms. The minimum absolute atomic E-state index is 0.752. The fourth-order valence-electron chi connectivity index (χ4n) is 1.51. The first-order chi connectivity index (χ1) is 8.42. The maximum atomic E-state index is 5.40. The third kappa shape index (κ3) is 3.13. The average Bonchev–Trinajstić information content (AvgIpc) is 2.82. The highest BCUT2D eigenvalue weighted by Crippen LogP contribution is 2.09. The van der Waals surface area contributed by atoms with Crippen LogP contribution in [0.1, 0.15) is 19.8 Å². The van der Waals surface area contributed by atoms with E-state index < -0.39 is 0 Å². The van der Waals surface area contributed by atoms with E-state index in [1.165, 1.54) is 0 Å². The van der Waals surface area contributed by atoms with Gasteiger partial charge < -0.3 is 10.1 Å². The molecule has 0 unspecified atom stereocenters. The second-order valence-electron chi connectivity index (χ2n) is 3.73. The SMILES string of the molecule is CCCOCCCNc1nccn2cnnc12. The summed E-state index contributed by atoms with van der Waals surface area (Å²) in [4.78, 5) is 4.24. The number of rotatable bonds is 7. The molecule has 6 heteroatoms. The third-order valence-electron chi connectivity index (χ3n) is 2.32. The number of nitrogens with one attached hydrogen (secondary N) is 1. The number of hydrogen-bond acceptors (Lipinski definition) is 5. The minimum Gasteiger partial charge on any atom is -0.381 e. The van der Waals surface area contributed by atoms with Crippen molar-refractivity contribution in [3.05, 3.63) is 18.7 Å². The van der Waals surface area contributed by atoms with Gasteiger partial charge in [-0.15, -0.1) is 10.2 Å². The summed E-state index contributed by atoms with van der Waals surface area (Å²) in [5, 5.41) is 11.1. The van der Waals surface area contributed by atoms with E-state index in [4.69, 9.17) is 4.74 Å². The first-order valence-electron chi connectivity index (χ1n) is 5.87. The number of nitrogens with zero attached hydrogens (tertiary/aromatic N) is 4. The topological polar surface area (TPSA) is 64.3 Å². The maximum Gasteiger partial charge on any atom is 0.203 e. The standard InChI is InChI=1S/C11H17N5O/c1-2-7-17-8-3-4-12-10-11-15-14-9-16(11)6-5-13-10/h5-6,9H,2-4,7-8H2,1H3,(H,12,13). The highest BCUT2D eigenvalue weighted by atomic mass is 16.5. The number of ether oxygens (including phenoxy) is 1. The third-order valence-corrected chi connectivity index (χ3v) is 2.32. The van der Waals surface area contributed by atoms with Crippen LogP contribution in [0.3, 0.4) is 0 Å². The van der Waals surface area contributed by atoms with Crippen molar-refractivity contribution in [1.82, 2.24) is 19.6 Å². The van der Waals surface area contributed by atoms with Gasteiger partial charge in [0, 0.05) is 32.2 Å². The van der Waals surface area contributed by atoms with Crippen LogP contribution in [0.4, 0.5) is 5.82 Å². The minimum atomic E-state index is 0.752. The molecule has 0 saturated carbocycles. The zero-order valence-electron chi connectivity index (χ0n) is 9.96. The van der Waals surface area contributed by atoms with Crippen LogP contribution in [0.25, 0.3) is 5.65 Å². The van der Waals surface area contributed by atoms with Crippen molar-refractivity contribution in [3.63, 3.8) is 0 Å². The molecule has 92 valence electrons. The highest BCUT2D eigenvalue weighted by Gasteiger charge is 2.02. The fourth-order valence-corrected chi connectivity index (χ4v) is 1.51. The molecule has 2 aromatic heterocycles. The van der Waals surface area contributed by atoms with Crippen molar-refractivity contribution < 1.29 is 4.74 Å². The molecule has 2 rings (SSSR count). The van der Waals surface area contributed by atoms with Gasteiger partial charge in [-0.25, -0.2) is 4.98 Å². The van der Waals surface area contributed by atoms with Crippen LogP contribution >= 0.6 is 0 Å². The van der Waals surface area contributed by atoms with Gasteiger partial charge in [-0.05, 0) is 12.8 Å². The Morgan fingerprint density at radius 2 is 2.35 bits per heavy atom. The van der Waals surface area contributed by atoms with E-state index in [2.05, 4.69) is 27.4 Å². The molecule has 0 amide bonds. The van der Waals surface area contributed by atoms with Crippen LogP contribution in [-0.2, 0) is 4.74 Å². The first kappa shape index (κ1) is 11.8. The molecule has 0 spiro atoms. The van der Waals surface area contributed by atoms with Gasteiger partial charge in [-0.1, -0.05) is 6.92 Å². The molecule has 0 aliphatic rings. The summed E-state index contributed by atoms with van der Waals surface area (Å²) in [7, 11) is 0. The molecule has 2 aromatic rings. The van der Waals surface area contributed by atoms with E-state index in [-0.39, 0.29) is 0 Å². The second kappa shape index (κ2) is 6.15. The van der Waals surface area contributed by atoms with Crippen molar-refractivity contribution in [2.24, 2.45) is 0 Å². The Kier molecular flexibility index (Phi) is 4.26. The number of fused-ring (bicyclic) bond motifs is 1. The van der Waals surface area contributed by atoms with E-state index in [1.54, 1.807) is 12.5 Å². The molecular weight excluding hydrogens is 218 g/mol. The Balaban J connectivity index is 1.80. The summed E-state index contributed by atoms with van der Waals surface area (Å²) in [6.45, 7) is 4.53. The molecule has 0 radical (unpaired) electrons. The zero-order valence-corrected chi connectivity index (χ0v) is 9.96. The van der Waals surface area contributed by atoms with Gasteiger partial charge >= 0.3 is 0 Å². The Bertz CT molecular complexity index is 456. The van der Waals surface area contributed by atoms with Crippen LogP contribution in [0.15, 0.2) is 18.7 Å². The Labute approximate surface area is 100 Å². The molecule has 6 nitrogen and oxygen atoms in total. The normalized spacial score (nSPS) is 10.9. The lowest BCUT2D eigenvalue weighted by molar-refractivity contribution is 0.134. The Morgan fingerprint density at radius 3 is 3.24 bits per heavy atom. The molecule has 0 aliphatic heterocycles. The van der Waals surface area contributed by atoms with Crippen molar-refractivity contribution >= 4 is 11.5 Å². The van der Waals surface area contributed by atoms with Gasteiger partial charge in [0.05, 0.1) is 0 Å². The average molecular weight is 235 g/mol. The number of aromatic nitrogens is 4. The lowest BCUT2D eigenvalue weighted by atomic mass is 10.4. The van der Waals surface area contributed by atoms with Crippen molar-refractivity contribution in [3.8, 4) is 0 Å². The smallest absolute Gasteiger partial charge is 0.203 e. The Morgan fingerprint density at radius 1 is 1.41 bits per heavy atom. The second-order valence-corrected chi connectivity index (χ2v) is 3.73. The molecule has 1 N–H and O–H groups in total. The molecule has 0 fully saturated rings. The molecule has 0 aromatic carbocycles. The van der Waals surface area contributed by atoms with E-state index in [0.29, 0.717) is 0 Å². The quantitative estimate of drug-likeness (QED) is 0.734. The predicted molar refractivity (Wildman–Crippen MR) is 65.0 cm³/mol. The van der Waals surface area contributed by atoms with Crippen LogP contribution < -0.4 is 5.32 Å². The molecular formula is C11H17N5O. The van der Waals surface area contributed by atoms with Crippen molar-refractivity contribution in [2.75, 3.05) is 25.1 Å². The predicted octanol–water partition coefficient (Wildman–Crippen LogP) is 1.35. The van der Waals surface area contributed by atoms with Crippen molar-refractivity contribution in [2.45, 2.75) is 19.8 Å². The molecule has 0 bridgehead atoms. The largest absolute Gasteiger partial charge is 0.381 e. The monoisotopic (exact) mass is 235 g/mol. The fraction of sp³-hybridized carbons (Fsp3) is 0.545. The number of anilines is 1. The lowest BCUT2D eigenvalue weighted by Gasteiger charge is -2.06. The van der Waals surface area contributed by atoms with Crippen molar-refractivity contribution in [1.29, 1.82) is 0 Å². The summed E-state index contributed by atoms with van der Waals surface area (Å²) >= 11 is 0. The first-order valence-corrected chi connectivity index (χ1v) is 5.87. The van der Waals surface area contributed by atoms with Crippen LogP contribution in [-0.4, -0.2) is 39.3 Å². The van der Waals surface area contributed by atoms with E-state index in [1.807, 2.05) is 10.6 Å². The summed E-state index contributed by atoms with van der Waals surface area (Å²) in [6.07, 6.45) is 7.23. The highest BCUT2D eigenvalue weighted by molar-refractivity contribution is 5.61. The zero-order chi connectivity index (χ0) is 11.9. The van der Waals surface area contributed by atoms with Gasteiger partial charge in [0.1, 0.15) is 6.33 Å². The molecule has 0 saturated heterocycles. The lowest BCUT2D eigenvalue weighted by Crippen LogP contribution is -2.08. The Hall–Kier alpha value is -1.69. The molecule has 0 atom stereocenters. The van der Waals surface area contributed by atoms with Crippen LogP contribution in [0.2, 0.25) is 0 Å². The molecule has 2 heterocycles. The van der Waals surface area contributed by atoms with E-state index >= 15 is 0 Å². The van der Waals surface area contributed by atoms with Gasteiger partial charge in [-0.2, -0.15) is 0 Å². The van der Waals surface area contributed by atoms with Gasteiger partial charge in [0.2, 0.25) is 5.65 Å². The van der Waals surface area contributed by atoms with Gasteiger partial charge in [-0.3, -0.25) is 4.40 Å². The van der Waals surface area contributed by atoms with Crippen LogP contribution in [0.5, 0.6) is 0 Å². The summed E-state index contributed by atoms with van der Waals surface area (Å²) in [5.41, 5.74) is 0.752. The summed E-state index contributed by atoms with van der Waals surface area (Å²) in [5.74, 6) is 0.764. The maximum absolute atomic E-state index is 5.40. The van der Waals surface area contributed by atoms with E-state index in [0.717, 1.165) is 44.1 Å². The van der Waals surface area contributed by atoms with Crippen LogP contribution in [0, 0.1) is 0 Å². The summed E-state index contributed by atoms with van der Waals surface area (Å²) < 4.78 is 7.24. The van der Waals surface area contributed by atoms with E-state index in [9.17, 15) is 0 Å². The summed E-state index contributed by atoms with van der Waals surface area (Å²) in [6, 6.07) is 0. The van der Waals surface area contributed by atoms with Gasteiger partial charge in [0.15, 0.2) is 5.82 Å².